The first kappa shape index (κ1) is 16.5. The van der Waals surface area contributed by atoms with E-state index in [-0.39, 0.29) is 5.91 Å². The number of nitrogens with zero attached hydrogens (tertiary/aromatic N) is 3. The third-order valence-electron chi connectivity index (χ3n) is 5.28. The van der Waals surface area contributed by atoms with Crippen LogP contribution in [0.5, 0.6) is 0 Å². The molecule has 1 aliphatic carbocycles. The largest absolute Gasteiger partial charge is 0.339 e. The number of benzene rings is 1. The van der Waals surface area contributed by atoms with Crippen molar-refractivity contribution in [2.24, 2.45) is 5.92 Å². The maximum atomic E-state index is 13.3. The molecule has 4 nitrogen and oxygen atoms in total. The van der Waals surface area contributed by atoms with Gasteiger partial charge in [0.15, 0.2) is 0 Å². The van der Waals surface area contributed by atoms with Crippen molar-refractivity contribution in [2.45, 2.75) is 19.3 Å². The number of rotatable bonds is 2. The summed E-state index contributed by atoms with van der Waals surface area (Å²) in [5.74, 6) is -0.131. The van der Waals surface area contributed by atoms with Gasteiger partial charge in [-0.3, -0.25) is 4.79 Å². The highest BCUT2D eigenvalue weighted by Crippen LogP contribution is 2.34. The number of halogens is 1. The molecule has 2 heterocycles. The fraction of sp³-hybridized carbons (Fsp3) is 0.286. The van der Waals surface area contributed by atoms with Gasteiger partial charge in [0.05, 0.1) is 22.9 Å². The van der Waals surface area contributed by atoms with Gasteiger partial charge in [0, 0.05) is 13.1 Å². The number of aromatic nitrogens is 1. The minimum atomic E-state index is -0.446. The second kappa shape index (κ2) is 6.72. The Kier molecular flexibility index (Phi) is 4.26. The first-order valence-corrected chi connectivity index (χ1v) is 8.80. The maximum absolute atomic E-state index is 13.3. The summed E-state index contributed by atoms with van der Waals surface area (Å²) in [6.45, 7) is 1.33. The molecule has 130 valence electrons. The molecule has 1 aromatic carbocycles. The first-order chi connectivity index (χ1) is 12.7. The number of hydrogen-bond acceptors (Lipinski definition) is 3. The van der Waals surface area contributed by atoms with Crippen LogP contribution in [0.4, 0.5) is 4.39 Å². The van der Waals surface area contributed by atoms with Gasteiger partial charge >= 0.3 is 0 Å². The average molecular weight is 347 g/mol. The lowest BCUT2D eigenvalue weighted by atomic mass is 9.87. The summed E-state index contributed by atoms with van der Waals surface area (Å²) in [6.07, 6.45) is 4.58. The van der Waals surface area contributed by atoms with E-state index in [0.717, 1.165) is 30.5 Å². The summed E-state index contributed by atoms with van der Waals surface area (Å²) in [6, 6.07) is 12.2. The average Bonchev–Trinajstić information content (AvgIpc) is 3.10. The molecule has 1 amide bonds. The van der Waals surface area contributed by atoms with E-state index in [4.69, 9.17) is 0 Å². The molecule has 0 N–H and O–H groups in total. The predicted octanol–water partition coefficient (Wildman–Crippen LogP) is 3.58. The number of amides is 1. The van der Waals surface area contributed by atoms with Crippen LogP contribution in [0, 0.1) is 23.2 Å². The summed E-state index contributed by atoms with van der Waals surface area (Å²) < 4.78 is 13.3. The number of carbonyl (C=O) groups is 1. The summed E-state index contributed by atoms with van der Waals surface area (Å²) in [5, 5.41) is 9.20. The topological polar surface area (TPSA) is 57.0 Å². The molecule has 0 saturated carbocycles. The Hall–Kier alpha value is -3.00. The highest BCUT2D eigenvalue weighted by Gasteiger charge is 2.29. The molecule has 4 rings (SSSR count). The number of allylic oxidation sites excluding steroid dienone is 1. The van der Waals surface area contributed by atoms with Crippen molar-refractivity contribution in [3.05, 3.63) is 70.3 Å². The van der Waals surface area contributed by atoms with Crippen LogP contribution in [0.15, 0.2) is 42.0 Å². The van der Waals surface area contributed by atoms with Crippen LogP contribution < -0.4 is 0 Å². The Balaban J connectivity index is 1.43. The molecule has 2 aromatic rings. The van der Waals surface area contributed by atoms with Gasteiger partial charge in [-0.15, -0.1) is 0 Å². The van der Waals surface area contributed by atoms with Crippen molar-refractivity contribution >= 4 is 12.0 Å². The van der Waals surface area contributed by atoms with E-state index in [1.807, 2.05) is 11.0 Å². The number of carbonyl (C=O) groups excluding carboxylic acids is 1. The molecular formula is C21H18FN3O. The van der Waals surface area contributed by atoms with Crippen molar-refractivity contribution in [3.63, 3.8) is 0 Å². The van der Waals surface area contributed by atoms with Gasteiger partial charge in [-0.2, -0.15) is 9.65 Å². The number of pyridine rings is 1. The molecule has 0 atom stereocenters. The molecule has 2 aliphatic rings. The third kappa shape index (κ3) is 2.99. The van der Waals surface area contributed by atoms with Crippen LogP contribution in [-0.2, 0) is 6.42 Å². The van der Waals surface area contributed by atoms with Crippen LogP contribution in [0.3, 0.4) is 0 Å². The van der Waals surface area contributed by atoms with Crippen LogP contribution in [0.2, 0.25) is 0 Å². The van der Waals surface area contributed by atoms with Crippen molar-refractivity contribution in [1.29, 1.82) is 5.26 Å². The van der Waals surface area contributed by atoms with E-state index in [9.17, 15) is 14.4 Å². The Morgan fingerprint density at radius 3 is 2.73 bits per heavy atom. The summed E-state index contributed by atoms with van der Waals surface area (Å²) in [4.78, 5) is 18.5. The number of fused-ring (bicyclic) bond motifs is 1. The number of likely N-dealkylation sites (tertiary alicyclic amines) is 1. The van der Waals surface area contributed by atoms with Gasteiger partial charge in [-0.1, -0.05) is 23.8 Å². The zero-order chi connectivity index (χ0) is 18.1. The summed E-state index contributed by atoms with van der Waals surface area (Å²) in [5.41, 5.74) is 3.98. The molecule has 1 aliphatic heterocycles. The van der Waals surface area contributed by atoms with Crippen molar-refractivity contribution in [3.8, 4) is 6.07 Å². The SMILES string of the molecule is N#Cc1ccccc1C(=O)N1CCC(C2=Cc3nc(F)ccc3C2)CC1. The molecule has 0 unspecified atom stereocenters. The molecule has 26 heavy (non-hydrogen) atoms. The number of hydrogen-bond donors (Lipinski definition) is 0. The highest BCUT2D eigenvalue weighted by molar-refractivity contribution is 5.96. The lowest BCUT2D eigenvalue weighted by Gasteiger charge is -2.33. The molecule has 1 saturated heterocycles. The van der Waals surface area contributed by atoms with Crippen LogP contribution >= 0.6 is 0 Å². The molecule has 5 heteroatoms. The van der Waals surface area contributed by atoms with Crippen LogP contribution in [0.1, 0.15) is 40.0 Å². The molecule has 0 spiro atoms. The van der Waals surface area contributed by atoms with Gasteiger partial charge < -0.3 is 4.90 Å². The van der Waals surface area contributed by atoms with Crippen LogP contribution in [-0.4, -0.2) is 28.9 Å². The molecular weight excluding hydrogens is 329 g/mol. The van der Waals surface area contributed by atoms with E-state index in [0.29, 0.717) is 30.1 Å². The molecule has 1 fully saturated rings. The maximum Gasteiger partial charge on any atom is 0.255 e. The molecule has 1 aromatic heterocycles. The Morgan fingerprint density at radius 1 is 1.19 bits per heavy atom. The van der Waals surface area contributed by atoms with Crippen molar-refractivity contribution < 1.29 is 9.18 Å². The lowest BCUT2D eigenvalue weighted by Crippen LogP contribution is -2.39. The molecule has 0 bridgehead atoms. The quantitative estimate of drug-likeness (QED) is 0.780. The van der Waals surface area contributed by atoms with Crippen molar-refractivity contribution in [1.82, 2.24) is 9.88 Å². The Morgan fingerprint density at radius 2 is 1.96 bits per heavy atom. The third-order valence-corrected chi connectivity index (χ3v) is 5.28. The number of nitriles is 1. The fourth-order valence-corrected chi connectivity index (χ4v) is 3.85. The first-order valence-electron chi connectivity index (χ1n) is 8.80. The number of piperidine rings is 1. The second-order valence-corrected chi connectivity index (χ2v) is 6.80. The van der Waals surface area contributed by atoms with Crippen molar-refractivity contribution in [2.75, 3.05) is 13.1 Å². The fourth-order valence-electron chi connectivity index (χ4n) is 3.85. The van der Waals surface area contributed by atoms with Gasteiger partial charge in [0.1, 0.15) is 0 Å². The smallest absolute Gasteiger partial charge is 0.255 e. The van der Waals surface area contributed by atoms with E-state index >= 15 is 0 Å². The monoisotopic (exact) mass is 347 g/mol. The Labute approximate surface area is 151 Å². The highest BCUT2D eigenvalue weighted by atomic mass is 19.1. The zero-order valence-electron chi connectivity index (χ0n) is 14.3. The standard InChI is InChI=1S/C21H18FN3O/c22-20-6-5-15-11-17(12-19(15)24-20)14-7-9-25(10-8-14)21(26)18-4-2-1-3-16(18)13-23/h1-6,12,14H,7-11H2. The van der Waals surface area contributed by atoms with Gasteiger partial charge in [0.2, 0.25) is 5.95 Å². The van der Waals surface area contributed by atoms with E-state index < -0.39 is 5.95 Å². The summed E-state index contributed by atoms with van der Waals surface area (Å²) >= 11 is 0. The van der Waals surface area contributed by atoms with E-state index in [1.54, 1.807) is 30.3 Å². The minimum absolute atomic E-state index is 0.0759. The lowest BCUT2D eigenvalue weighted by molar-refractivity contribution is 0.0701. The summed E-state index contributed by atoms with van der Waals surface area (Å²) in [7, 11) is 0. The van der Waals surface area contributed by atoms with Gasteiger partial charge in [-0.05, 0) is 55.0 Å². The predicted molar refractivity (Wildman–Crippen MR) is 95.7 cm³/mol. The second-order valence-electron chi connectivity index (χ2n) is 6.80. The molecule has 0 radical (unpaired) electrons. The van der Waals surface area contributed by atoms with Gasteiger partial charge in [-0.25, -0.2) is 4.98 Å². The normalized spacial score (nSPS) is 16.8. The Bertz CT molecular complexity index is 937. The zero-order valence-corrected chi connectivity index (χ0v) is 14.3. The van der Waals surface area contributed by atoms with Gasteiger partial charge in [0.25, 0.3) is 5.91 Å². The van der Waals surface area contributed by atoms with Crippen LogP contribution in [0.25, 0.3) is 6.08 Å². The minimum Gasteiger partial charge on any atom is -0.339 e. The van der Waals surface area contributed by atoms with E-state index in [2.05, 4.69) is 11.1 Å². The van der Waals surface area contributed by atoms with E-state index in [1.165, 1.54) is 11.6 Å².